The van der Waals surface area contributed by atoms with Crippen LogP contribution in [0.1, 0.15) is 17.4 Å². The Hall–Kier alpha value is -2.88. The molecule has 0 aromatic carbocycles. The van der Waals surface area contributed by atoms with Crippen LogP contribution in [0, 0.1) is 0 Å². The number of aryl methyl sites for hydroxylation is 1. The fourth-order valence-electron chi connectivity index (χ4n) is 3.80. The van der Waals surface area contributed by atoms with Crippen LogP contribution in [0.5, 0.6) is 0 Å². The highest BCUT2D eigenvalue weighted by Crippen LogP contribution is 2.24. The Kier molecular flexibility index (Phi) is 6.03. The molecule has 0 saturated carbocycles. The van der Waals surface area contributed by atoms with E-state index in [2.05, 4.69) is 26.9 Å². The first kappa shape index (κ1) is 20.4. The number of anilines is 1. The van der Waals surface area contributed by atoms with Crippen LogP contribution in [0.15, 0.2) is 28.8 Å². The normalized spacial score (nSPS) is 17.3. The van der Waals surface area contributed by atoms with Crippen molar-refractivity contribution in [3.63, 3.8) is 0 Å². The van der Waals surface area contributed by atoms with Gasteiger partial charge in [0.2, 0.25) is 11.8 Å². The smallest absolute Gasteiger partial charge is 0.246 e. The Balaban J connectivity index is 1.38. The third-order valence-corrected chi connectivity index (χ3v) is 6.41. The summed E-state index contributed by atoms with van der Waals surface area (Å²) in [7, 11) is 1.83. The number of fused-ring (bicyclic) bond motifs is 1. The number of aromatic nitrogens is 2. The number of thiophene rings is 1. The number of nitrogens with zero attached hydrogens (tertiary/aromatic N) is 6. The van der Waals surface area contributed by atoms with Crippen molar-refractivity contribution in [2.24, 2.45) is 12.0 Å². The third-order valence-electron chi connectivity index (χ3n) is 5.38. The molecule has 1 fully saturated rings. The minimum Gasteiger partial charge on any atom is -0.356 e. The van der Waals surface area contributed by atoms with E-state index in [1.807, 2.05) is 30.0 Å². The van der Waals surface area contributed by atoms with Gasteiger partial charge in [-0.25, -0.2) is 4.99 Å². The molecule has 0 aliphatic carbocycles. The predicted molar refractivity (Wildman–Crippen MR) is 117 cm³/mol. The number of carbonyl (C=O) groups excluding carboxylic acids is 2. The van der Waals surface area contributed by atoms with E-state index in [-0.39, 0.29) is 24.9 Å². The zero-order chi connectivity index (χ0) is 21.1. The molecule has 2 aromatic rings. The summed E-state index contributed by atoms with van der Waals surface area (Å²) in [6.07, 6.45) is 4.44. The maximum atomic E-state index is 12.7. The van der Waals surface area contributed by atoms with E-state index in [4.69, 9.17) is 0 Å². The second-order valence-electron chi connectivity index (χ2n) is 7.44. The largest absolute Gasteiger partial charge is 0.356 e. The Bertz CT molecular complexity index is 951. The van der Waals surface area contributed by atoms with Crippen molar-refractivity contribution in [2.45, 2.75) is 19.9 Å². The molecule has 0 atom stereocenters. The lowest BCUT2D eigenvalue weighted by molar-refractivity contribution is -0.130. The summed E-state index contributed by atoms with van der Waals surface area (Å²) in [6.45, 7) is 5.54. The standard InChI is InChI=1S/C20H27N7O2S/c1-3-21-20(22-11-18(28)25-6-4-17-15(12-25)5-9-30-17)26-7-8-27(19(29)14-26)16-10-23-24(2)13-16/h5,9-10,13H,3-4,6-8,11-12,14H2,1-2H3,(H,21,22). The molecule has 0 unspecified atom stereocenters. The van der Waals surface area contributed by atoms with Crippen LogP contribution in [0.25, 0.3) is 0 Å². The lowest BCUT2D eigenvalue weighted by Gasteiger charge is -2.35. The molecule has 10 heteroatoms. The minimum atomic E-state index is -0.00722. The molecular weight excluding hydrogens is 402 g/mol. The third kappa shape index (κ3) is 4.33. The molecule has 2 aliphatic heterocycles. The molecule has 0 spiro atoms. The highest BCUT2D eigenvalue weighted by Gasteiger charge is 2.28. The van der Waals surface area contributed by atoms with Gasteiger partial charge in [0.05, 0.1) is 11.9 Å². The molecule has 2 aliphatic rings. The van der Waals surface area contributed by atoms with Gasteiger partial charge in [-0.1, -0.05) is 0 Å². The van der Waals surface area contributed by atoms with Crippen molar-refractivity contribution in [3.8, 4) is 0 Å². The number of rotatable bonds is 4. The van der Waals surface area contributed by atoms with Crippen molar-refractivity contribution in [3.05, 3.63) is 34.3 Å². The van der Waals surface area contributed by atoms with Crippen molar-refractivity contribution >= 4 is 34.8 Å². The van der Waals surface area contributed by atoms with E-state index in [0.717, 1.165) is 18.7 Å². The Labute approximate surface area is 180 Å². The lowest BCUT2D eigenvalue weighted by atomic mass is 10.1. The summed E-state index contributed by atoms with van der Waals surface area (Å²) in [6, 6.07) is 2.10. The van der Waals surface area contributed by atoms with Crippen molar-refractivity contribution in [1.29, 1.82) is 0 Å². The van der Waals surface area contributed by atoms with Gasteiger partial charge in [0.15, 0.2) is 5.96 Å². The topological polar surface area (TPSA) is 86.1 Å². The molecule has 160 valence electrons. The monoisotopic (exact) mass is 429 g/mol. The van der Waals surface area contributed by atoms with E-state index in [1.165, 1.54) is 10.4 Å². The zero-order valence-corrected chi connectivity index (χ0v) is 18.2. The van der Waals surface area contributed by atoms with Crippen molar-refractivity contribution < 1.29 is 9.59 Å². The van der Waals surface area contributed by atoms with Crippen LogP contribution in [0.4, 0.5) is 5.69 Å². The minimum absolute atomic E-state index is 0.00722. The van der Waals surface area contributed by atoms with Gasteiger partial charge in [-0.15, -0.1) is 11.3 Å². The van der Waals surface area contributed by atoms with Crippen LogP contribution in [0.3, 0.4) is 0 Å². The van der Waals surface area contributed by atoms with Crippen LogP contribution in [-0.4, -0.2) is 76.6 Å². The Morgan fingerprint density at radius 3 is 2.87 bits per heavy atom. The number of nitrogens with one attached hydrogen (secondary N) is 1. The van der Waals surface area contributed by atoms with Crippen LogP contribution >= 0.6 is 11.3 Å². The molecule has 2 amide bonds. The SMILES string of the molecule is CCNC(=NCC(=O)N1CCc2sccc2C1)N1CCN(c2cnn(C)c2)C(=O)C1. The fraction of sp³-hybridized carbons (Fsp3) is 0.500. The number of carbonyl (C=O) groups is 2. The van der Waals surface area contributed by atoms with E-state index < -0.39 is 0 Å². The van der Waals surface area contributed by atoms with Gasteiger partial charge in [-0.2, -0.15) is 5.10 Å². The second-order valence-corrected chi connectivity index (χ2v) is 8.44. The van der Waals surface area contributed by atoms with Gasteiger partial charge in [0.1, 0.15) is 13.1 Å². The van der Waals surface area contributed by atoms with Gasteiger partial charge < -0.3 is 20.0 Å². The highest BCUT2D eigenvalue weighted by molar-refractivity contribution is 7.10. The number of aliphatic imine (C=N–C) groups is 1. The second kappa shape index (κ2) is 8.86. The fourth-order valence-corrected chi connectivity index (χ4v) is 4.69. The summed E-state index contributed by atoms with van der Waals surface area (Å²) in [5.74, 6) is 0.619. The van der Waals surface area contributed by atoms with Gasteiger partial charge >= 0.3 is 0 Å². The molecule has 0 bridgehead atoms. The summed E-state index contributed by atoms with van der Waals surface area (Å²) >= 11 is 1.76. The predicted octanol–water partition coefficient (Wildman–Crippen LogP) is 0.681. The molecular formula is C20H27N7O2S. The van der Waals surface area contributed by atoms with Gasteiger partial charge in [-0.3, -0.25) is 14.3 Å². The molecule has 9 nitrogen and oxygen atoms in total. The summed E-state index contributed by atoms with van der Waals surface area (Å²) < 4.78 is 1.69. The molecule has 4 heterocycles. The summed E-state index contributed by atoms with van der Waals surface area (Å²) in [5.41, 5.74) is 2.05. The summed E-state index contributed by atoms with van der Waals surface area (Å²) in [4.78, 5) is 36.9. The number of hydrogen-bond acceptors (Lipinski definition) is 5. The highest BCUT2D eigenvalue weighted by atomic mass is 32.1. The first-order valence-electron chi connectivity index (χ1n) is 10.2. The van der Waals surface area contributed by atoms with Gasteiger partial charge in [-0.05, 0) is 30.4 Å². The first-order valence-corrected chi connectivity index (χ1v) is 11.1. The molecule has 4 rings (SSSR count). The Morgan fingerprint density at radius 2 is 2.13 bits per heavy atom. The number of amides is 2. The van der Waals surface area contributed by atoms with Crippen molar-refractivity contribution in [2.75, 3.05) is 44.2 Å². The maximum absolute atomic E-state index is 12.7. The summed E-state index contributed by atoms with van der Waals surface area (Å²) in [5, 5.41) is 9.45. The number of hydrogen-bond donors (Lipinski definition) is 1. The van der Waals surface area contributed by atoms with Gasteiger partial charge in [0.25, 0.3) is 0 Å². The molecule has 1 N–H and O–H groups in total. The van der Waals surface area contributed by atoms with Crippen molar-refractivity contribution in [1.82, 2.24) is 24.9 Å². The Morgan fingerprint density at radius 1 is 1.27 bits per heavy atom. The van der Waals surface area contributed by atoms with Gasteiger partial charge in [0, 0.05) is 50.8 Å². The van der Waals surface area contributed by atoms with Crippen LogP contribution < -0.4 is 10.2 Å². The molecule has 30 heavy (non-hydrogen) atoms. The number of guanidine groups is 1. The quantitative estimate of drug-likeness (QED) is 0.571. The number of piperazine rings is 1. The van der Waals surface area contributed by atoms with Crippen LogP contribution in [-0.2, 0) is 29.6 Å². The lowest BCUT2D eigenvalue weighted by Crippen LogP contribution is -2.55. The first-order chi connectivity index (χ1) is 14.5. The molecule has 0 radical (unpaired) electrons. The van der Waals surface area contributed by atoms with E-state index in [0.29, 0.717) is 32.1 Å². The molecule has 1 saturated heterocycles. The average Bonchev–Trinajstić information content (AvgIpc) is 3.39. The zero-order valence-electron chi connectivity index (χ0n) is 17.4. The molecule has 2 aromatic heterocycles. The average molecular weight is 430 g/mol. The van der Waals surface area contributed by atoms with E-state index in [9.17, 15) is 9.59 Å². The van der Waals surface area contributed by atoms with Crippen LogP contribution in [0.2, 0.25) is 0 Å². The van der Waals surface area contributed by atoms with E-state index >= 15 is 0 Å². The van der Waals surface area contributed by atoms with E-state index in [1.54, 1.807) is 27.1 Å². The maximum Gasteiger partial charge on any atom is 0.246 e.